The van der Waals surface area contributed by atoms with Crippen LogP contribution < -0.4 is 4.90 Å². The number of aromatic carboxylic acids is 1. The molecule has 0 spiro atoms. The van der Waals surface area contributed by atoms with Gasteiger partial charge in [-0.25, -0.2) is 4.79 Å². The van der Waals surface area contributed by atoms with Gasteiger partial charge in [-0.3, -0.25) is 0 Å². The van der Waals surface area contributed by atoms with Gasteiger partial charge in [0.25, 0.3) is 0 Å². The molecule has 4 heteroatoms. The van der Waals surface area contributed by atoms with Crippen LogP contribution in [0, 0.1) is 0 Å². The van der Waals surface area contributed by atoms with Gasteiger partial charge in [0.05, 0.1) is 11.3 Å². The zero-order chi connectivity index (χ0) is 11.5. The molecule has 0 bridgehead atoms. The van der Waals surface area contributed by atoms with E-state index in [1.54, 1.807) is 12.1 Å². The topological polar surface area (TPSA) is 40.5 Å². The Labute approximate surface area is 99.5 Å². The summed E-state index contributed by atoms with van der Waals surface area (Å²) in [6.45, 7) is 0. The SMILES string of the molecule is CN(c1ccccc1C(=O)O)C1CCSC1. The highest BCUT2D eigenvalue weighted by atomic mass is 32.2. The second-order valence-electron chi connectivity index (χ2n) is 3.95. The first-order valence-electron chi connectivity index (χ1n) is 5.33. The van der Waals surface area contributed by atoms with Crippen molar-refractivity contribution < 1.29 is 9.90 Å². The minimum Gasteiger partial charge on any atom is -0.478 e. The van der Waals surface area contributed by atoms with E-state index in [-0.39, 0.29) is 0 Å². The number of thioether (sulfide) groups is 1. The molecule has 3 nitrogen and oxygen atoms in total. The third-order valence-corrected chi connectivity index (χ3v) is 4.11. The Bertz CT molecular complexity index is 388. The molecule has 1 aromatic rings. The Hall–Kier alpha value is -1.16. The molecule has 1 atom stereocenters. The van der Waals surface area contributed by atoms with E-state index >= 15 is 0 Å². The zero-order valence-corrected chi connectivity index (χ0v) is 10.0. The number of hydrogen-bond acceptors (Lipinski definition) is 3. The van der Waals surface area contributed by atoms with Crippen LogP contribution in [-0.4, -0.2) is 35.7 Å². The molecule has 1 aliphatic rings. The van der Waals surface area contributed by atoms with Gasteiger partial charge in [-0.05, 0) is 24.3 Å². The third-order valence-electron chi connectivity index (χ3n) is 2.97. The summed E-state index contributed by atoms with van der Waals surface area (Å²) in [6, 6.07) is 7.67. The fraction of sp³-hybridized carbons (Fsp3) is 0.417. The van der Waals surface area contributed by atoms with Crippen molar-refractivity contribution in [3.8, 4) is 0 Å². The first-order valence-corrected chi connectivity index (χ1v) is 6.48. The summed E-state index contributed by atoms with van der Waals surface area (Å²) in [5, 5.41) is 9.13. The summed E-state index contributed by atoms with van der Waals surface area (Å²) in [7, 11) is 1.98. The molecule has 0 amide bonds. The van der Waals surface area contributed by atoms with Gasteiger partial charge in [0.2, 0.25) is 0 Å². The third kappa shape index (κ3) is 2.16. The Balaban J connectivity index is 2.27. The number of carboxylic acid groups (broad SMARTS) is 1. The average Bonchev–Trinajstić information content (AvgIpc) is 2.81. The highest BCUT2D eigenvalue weighted by Gasteiger charge is 2.23. The maximum Gasteiger partial charge on any atom is 0.337 e. The first kappa shape index (κ1) is 11.3. The highest BCUT2D eigenvalue weighted by molar-refractivity contribution is 7.99. The lowest BCUT2D eigenvalue weighted by Crippen LogP contribution is -2.32. The number of carbonyl (C=O) groups is 1. The summed E-state index contributed by atoms with van der Waals surface area (Å²) in [5.74, 6) is 1.41. The molecule has 1 fully saturated rings. The lowest BCUT2D eigenvalue weighted by molar-refractivity contribution is 0.0697. The van der Waals surface area contributed by atoms with E-state index in [4.69, 9.17) is 5.11 Å². The van der Waals surface area contributed by atoms with E-state index in [0.29, 0.717) is 11.6 Å². The van der Waals surface area contributed by atoms with Gasteiger partial charge in [0, 0.05) is 18.8 Å². The molecule has 1 unspecified atom stereocenters. The number of hydrogen-bond donors (Lipinski definition) is 1. The Morgan fingerprint density at radius 1 is 1.50 bits per heavy atom. The number of para-hydroxylation sites is 1. The monoisotopic (exact) mass is 237 g/mol. The second kappa shape index (κ2) is 4.78. The van der Waals surface area contributed by atoms with Crippen molar-refractivity contribution in [1.29, 1.82) is 0 Å². The van der Waals surface area contributed by atoms with Crippen LogP contribution in [0.4, 0.5) is 5.69 Å². The van der Waals surface area contributed by atoms with Crippen molar-refractivity contribution in [3.63, 3.8) is 0 Å². The van der Waals surface area contributed by atoms with Gasteiger partial charge < -0.3 is 10.0 Å². The Morgan fingerprint density at radius 2 is 2.25 bits per heavy atom. The molecule has 1 heterocycles. The molecule has 1 N–H and O–H groups in total. The molecule has 2 rings (SSSR count). The number of carboxylic acids is 1. The number of benzene rings is 1. The van der Waals surface area contributed by atoms with E-state index < -0.39 is 5.97 Å². The van der Waals surface area contributed by atoms with Gasteiger partial charge >= 0.3 is 5.97 Å². The minimum atomic E-state index is -0.854. The Kier molecular flexibility index (Phi) is 3.39. The van der Waals surface area contributed by atoms with E-state index in [1.807, 2.05) is 30.9 Å². The van der Waals surface area contributed by atoms with Crippen LogP contribution in [0.3, 0.4) is 0 Å². The van der Waals surface area contributed by atoms with Gasteiger partial charge in [-0.15, -0.1) is 0 Å². The van der Waals surface area contributed by atoms with Crippen LogP contribution in [0.25, 0.3) is 0 Å². The number of anilines is 1. The van der Waals surface area contributed by atoms with Crippen LogP contribution in [-0.2, 0) is 0 Å². The van der Waals surface area contributed by atoms with Crippen molar-refractivity contribution in [3.05, 3.63) is 29.8 Å². The molecule has 0 radical (unpaired) electrons. The lowest BCUT2D eigenvalue weighted by Gasteiger charge is -2.27. The number of rotatable bonds is 3. The Morgan fingerprint density at radius 3 is 2.88 bits per heavy atom. The van der Waals surface area contributed by atoms with Crippen LogP contribution in [0.2, 0.25) is 0 Å². The summed E-state index contributed by atoms with van der Waals surface area (Å²) in [6.07, 6.45) is 1.13. The fourth-order valence-corrected chi connectivity index (χ4v) is 3.25. The zero-order valence-electron chi connectivity index (χ0n) is 9.22. The summed E-state index contributed by atoms with van der Waals surface area (Å²) in [4.78, 5) is 13.2. The molecular weight excluding hydrogens is 222 g/mol. The largest absolute Gasteiger partial charge is 0.478 e. The van der Waals surface area contributed by atoms with Crippen molar-refractivity contribution in [2.45, 2.75) is 12.5 Å². The van der Waals surface area contributed by atoms with Gasteiger partial charge in [-0.2, -0.15) is 11.8 Å². The van der Waals surface area contributed by atoms with Crippen molar-refractivity contribution >= 4 is 23.4 Å². The summed E-state index contributed by atoms with van der Waals surface area (Å²) >= 11 is 1.93. The summed E-state index contributed by atoms with van der Waals surface area (Å²) in [5.41, 5.74) is 1.21. The van der Waals surface area contributed by atoms with E-state index in [0.717, 1.165) is 17.9 Å². The molecule has 1 saturated heterocycles. The molecule has 1 aromatic carbocycles. The molecule has 86 valence electrons. The van der Waals surface area contributed by atoms with Crippen LogP contribution >= 0.6 is 11.8 Å². The van der Waals surface area contributed by atoms with Crippen molar-refractivity contribution in [2.75, 3.05) is 23.5 Å². The normalized spacial score (nSPS) is 19.7. The van der Waals surface area contributed by atoms with Crippen LogP contribution in [0.15, 0.2) is 24.3 Å². The molecule has 0 aliphatic carbocycles. The van der Waals surface area contributed by atoms with E-state index in [1.165, 1.54) is 5.75 Å². The average molecular weight is 237 g/mol. The highest BCUT2D eigenvalue weighted by Crippen LogP contribution is 2.28. The minimum absolute atomic E-state index is 0.391. The van der Waals surface area contributed by atoms with Crippen molar-refractivity contribution in [1.82, 2.24) is 0 Å². The molecule has 1 aliphatic heterocycles. The smallest absolute Gasteiger partial charge is 0.337 e. The van der Waals surface area contributed by atoms with Crippen LogP contribution in [0.5, 0.6) is 0 Å². The van der Waals surface area contributed by atoms with Crippen molar-refractivity contribution in [2.24, 2.45) is 0 Å². The predicted octanol–water partition coefficient (Wildman–Crippen LogP) is 2.33. The quantitative estimate of drug-likeness (QED) is 0.876. The summed E-state index contributed by atoms with van der Waals surface area (Å²) < 4.78 is 0. The molecular formula is C12H15NO2S. The number of nitrogens with zero attached hydrogens (tertiary/aromatic N) is 1. The van der Waals surface area contributed by atoms with Crippen LogP contribution in [0.1, 0.15) is 16.8 Å². The standard InChI is InChI=1S/C12H15NO2S/c1-13(9-6-7-16-8-9)11-5-3-2-4-10(11)12(14)15/h2-5,9H,6-8H2,1H3,(H,14,15). The predicted molar refractivity (Wildman–Crippen MR) is 67.5 cm³/mol. The maximum absolute atomic E-state index is 11.1. The maximum atomic E-state index is 11.1. The fourth-order valence-electron chi connectivity index (χ4n) is 1.99. The van der Waals surface area contributed by atoms with Gasteiger partial charge in [-0.1, -0.05) is 12.1 Å². The van der Waals surface area contributed by atoms with Gasteiger partial charge in [0.15, 0.2) is 0 Å². The molecule has 16 heavy (non-hydrogen) atoms. The second-order valence-corrected chi connectivity index (χ2v) is 5.10. The first-order chi connectivity index (χ1) is 7.70. The van der Waals surface area contributed by atoms with Gasteiger partial charge in [0.1, 0.15) is 0 Å². The van der Waals surface area contributed by atoms with E-state index in [2.05, 4.69) is 4.90 Å². The molecule has 0 saturated carbocycles. The lowest BCUT2D eigenvalue weighted by atomic mass is 10.1. The van der Waals surface area contributed by atoms with E-state index in [9.17, 15) is 4.79 Å². The molecule has 0 aromatic heterocycles.